The van der Waals surface area contributed by atoms with Crippen molar-refractivity contribution < 1.29 is 4.79 Å². The first-order valence-corrected chi connectivity index (χ1v) is 7.13. The van der Waals surface area contributed by atoms with Crippen molar-refractivity contribution in [2.24, 2.45) is 0 Å². The Balaban J connectivity index is 2.50. The van der Waals surface area contributed by atoms with Crippen LogP contribution in [0.15, 0.2) is 24.3 Å². The van der Waals surface area contributed by atoms with Gasteiger partial charge in [-0.15, -0.1) is 0 Å². The van der Waals surface area contributed by atoms with Crippen molar-refractivity contribution in [2.75, 3.05) is 0 Å². The molecule has 2 rings (SSSR count). The van der Waals surface area contributed by atoms with E-state index in [9.17, 15) is 4.79 Å². The molecule has 0 saturated heterocycles. The van der Waals surface area contributed by atoms with Crippen molar-refractivity contribution in [3.05, 3.63) is 41.0 Å². The molecule has 0 aromatic heterocycles. The van der Waals surface area contributed by atoms with E-state index in [-0.39, 0.29) is 10.8 Å². The van der Waals surface area contributed by atoms with Gasteiger partial charge in [-0.3, -0.25) is 4.79 Å². The Morgan fingerprint density at radius 3 is 2.26 bits per heavy atom. The summed E-state index contributed by atoms with van der Waals surface area (Å²) in [5, 5.41) is -0.433. The fourth-order valence-electron chi connectivity index (χ4n) is 2.87. The molecule has 0 N–H and O–H groups in total. The molecular formula is C17H21ClO. The van der Waals surface area contributed by atoms with E-state index in [0.717, 1.165) is 5.56 Å². The summed E-state index contributed by atoms with van der Waals surface area (Å²) in [6, 6.07) is 6.47. The van der Waals surface area contributed by atoms with Crippen molar-refractivity contribution in [1.82, 2.24) is 0 Å². The summed E-state index contributed by atoms with van der Waals surface area (Å²) in [5.41, 5.74) is 4.29. The highest BCUT2D eigenvalue weighted by atomic mass is 35.5. The molecule has 0 heterocycles. The van der Waals surface area contributed by atoms with Crippen LogP contribution in [0.5, 0.6) is 0 Å². The first-order valence-electron chi connectivity index (χ1n) is 6.75. The fraction of sp³-hybridized carbons (Fsp3) is 0.471. The number of hydrogen-bond acceptors (Lipinski definition) is 1. The van der Waals surface area contributed by atoms with E-state index < -0.39 is 5.24 Å². The zero-order chi connectivity index (χ0) is 14.3. The van der Waals surface area contributed by atoms with Crippen molar-refractivity contribution in [1.29, 1.82) is 0 Å². The minimum Gasteiger partial charge on any atom is -0.276 e. The highest BCUT2D eigenvalue weighted by Gasteiger charge is 2.36. The molecule has 0 fully saturated rings. The van der Waals surface area contributed by atoms with Crippen LogP contribution in [0.25, 0.3) is 6.08 Å². The Morgan fingerprint density at radius 1 is 1.11 bits per heavy atom. The van der Waals surface area contributed by atoms with Crippen LogP contribution in [-0.4, -0.2) is 5.24 Å². The average molecular weight is 277 g/mol. The smallest absolute Gasteiger partial charge is 0.245 e. The summed E-state index contributed by atoms with van der Waals surface area (Å²) in [6.07, 6.45) is 5.59. The van der Waals surface area contributed by atoms with Gasteiger partial charge < -0.3 is 0 Å². The summed E-state index contributed by atoms with van der Waals surface area (Å²) in [5.74, 6) is 0. The lowest BCUT2D eigenvalue weighted by molar-refractivity contribution is -0.107. The van der Waals surface area contributed by atoms with Crippen molar-refractivity contribution >= 4 is 22.9 Å². The number of halogens is 1. The van der Waals surface area contributed by atoms with Crippen molar-refractivity contribution in [2.45, 2.75) is 51.4 Å². The van der Waals surface area contributed by atoms with Gasteiger partial charge in [0, 0.05) is 0 Å². The molecule has 102 valence electrons. The van der Waals surface area contributed by atoms with Gasteiger partial charge in [0.15, 0.2) is 0 Å². The molecule has 0 aliphatic heterocycles. The number of rotatable bonds is 2. The standard InChI is InChI=1S/C17H21ClO/c1-16(2)9-10-17(3,4)14-11-12(5-7-13(14)16)6-8-15(18)19/h5-8,11H,9-10H2,1-4H3/b8-6+. The maximum Gasteiger partial charge on any atom is 0.245 e. The van der Waals surface area contributed by atoms with Crippen LogP contribution in [0.4, 0.5) is 0 Å². The number of benzene rings is 1. The second-order valence-electron chi connectivity index (χ2n) is 6.71. The molecular weight excluding hydrogens is 256 g/mol. The molecule has 1 aromatic rings. The quantitative estimate of drug-likeness (QED) is 0.559. The Morgan fingerprint density at radius 2 is 1.68 bits per heavy atom. The van der Waals surface area contributed by atoms with Crippen LogP contribution in [0.3, 0.4) is 0 Å². The number of allylic oxidation sites excluding steroid dienone is 1. The third kappa shape index (κ3) is 2.92. The Bertz CT molecular complexity index is 538. The molecule has 0 unspecified atom stereocenters. The molecule has 0 spiro atoms. The second kappa shape index (κ2) is 4.79. The van der Waals surface area contributed by atoms with E-state index in [1.807, 2.05) is 0 Å². The lowest BCUT2D eigenvalue weighted by Gasteiger charge is -2.42. The number of fused-ring (bicyclic) bond motifs is 1. The van der Waals surface area contributed by atoms with Gasteiger partial charge in [0.1, 0.15) is 0 Å². The molecule has 1 aliphatic carbocycles. The van der Waals surface area contributed by atoms with Crippen LogP contribution < -0.4 is 0 Å². The predicted octanol–water partition coefficient (Wildman–Crippen LogP) is 4.81. The Kier molecular flexibility index (Phi) is 3.61. The summed E-state index contributed by atoms with van der Waals surface area (Å²) < 4.78 is 0. The zero-order valence-corrected chi connectivity index (χ0v) is 12.8. The molecule has 0 saturated carbocycles. The highest BCUT2D eigenvalue weighted by molar-refractivity contribution is 6.66. The zero-order valence-electron chi connectivity index (χ0n) is 12.1. The molecule has 0 amide bonds. The molecule has 2 heteroatoms. The maximum atomic E-state index is 10.8. The van der Waals surface area contributed by atoms with Crippen LogP contribution in [0.2, 0.25) is 0 Å². The van der Waals surface area contributed by atoms with E-state index in [4.69, 9.17) is 11.6 Å². The van der Waals surface area contributed by atoms with Crippen LogP contribution in [-0.2, 0) is 15.6 Å². The number of carbonyl (C=O) groups excluding carboxylic acids is 1. The molecule has 0 bridgehead atoms. The van der Waals surface area contributed by atoms with E-state index in [1.54, 1.807) is 6.08 Å². The third-order valence-corrected chi connectivity index (χ3v) is 4.41. The minimum absolute atomic E-state index is 0.194. The summed E-state index contributed by atoms with van der Waals surface area (Å²) >= 11 is 5.35. The minimum atomic E-state index is -0.433. The molecule has 1 aliphatic rings. The van der Waals surface area contributed by atoms with Crippen molar-refractivity contribution in [3.8, 4) is 0 Å². The van der Waals surface area contributed by atoms with Gasteiger partial charge in [-0.2, -0.15) is 0 Å². The van der Waals surface area contributed by atoms with Gasteiger partial charge in [0.25, 0.3) is 0 Å². The maximum absolute atomic E-state index is 10.8. The average Bonchev–Trinajstić information content (AvgIpc) is 2.32. The van der Waals surface area contributed by atoms with Crippen LogP contribution in [0.1, 0.15) is 57.2 Å². The van der Waals surface area contributed by atoms with Crippen LogP contribution >= 0.6 is 11.6 Å². The van der Waals surface area contributed by atoms with E-state index in [0.29, 0.717) is 0 Å². The topological polar surface area (TPSA) is 17.1 Å². The van der Waals surface area contributed by atoms with Gasteiger partial charge in [-0.25, -0.2) is 0 Å². The summed E-state index contributed by atoms with van der Waals surface area (Å²) in [6.45, 7) is 9.19. The van der Waals surface area contributed by atoms with Gasteiger partial charge in [-0.05, 0) is 58.0 Å². The summed E-state index contributed by atoms with van der Waals surface area (Å²) in [7, 11) is 0. The Hall–Kier alpha value is -1.08. The normalized spacial score (nSPS) is 20.3. The van der Waals surface area contributed by atoms with Gasteiger partial charge in [-0.1, -0.05) is 52.0 Å². The first kappa shape index (κ1) is 14.3. The summed E-state index contributed by atoms with van der Waals surface area (Å²) in [4.78, 5) is 10.8. The lowest BCUT2D eigenvalue weighted by atomic mass is 9.63. The monoisotopic (exact) mass is 276 g/mol. The second-order valence-corrected chi connectivity index (χ2v) is 7.08. The van der Waals surface area contributed by atoms with E-state index in [2.05, 4.69) is 45.9 Å². The Labute approximate surface area is 120 Å². The van der Waals surface area contributed by atoms with Gasteiger partial charge >= 0.3 is 0 Å². The predicted molar refractivity (Wildman–Crippen MR) is 81.6 cm³/mol. The fourth-order valence-corrected chi connectivity index (χ4v) is 2.93. The van der Waals surface area contributed by atoms with E-state index >= 15 is 0 Å². The first-order chi connectivity index (χ1) is 8.72. The SMILES string of the molecule is CC1(C)CCC(C)(C)c2cc(/C=C/C(=O)Cl)ccc21. The number of hydrogen-bond donors (Lipinski definition) is 0. The van der Waals surface area contributed by atoms with E-state index in [1.165, 1.54) is 30.0 Å². The largest absolute Gasteiger partial charge is 0.276 e. The molecule has 19 heavy (non-hydrogen) atoms. The van der Waals surface area contributed by atoms with Crippen LogP contribution in [0, 0.1) is 0 Å². The van der Waals surface area contributed by atoms with Gasteiger partial charge in [0.05, 0.1) is 0 Å². The third-order valence-electron chi connectivity index (χ3n) is 4.28. The molecule has 0 atom stereocenters. The number of carbonyl (C=O) groups is 1. The molecule has 0 radical (unpaired) electrons. The van der Waals surface area contributed by atoms with Crippen molar-refractivity contribution in [3.63, 3.8) is 0 Å². The highest BCUT2D eigenvalue weighted by Crippen LogP contribution is 2.45. The lowest BCUT2D eigenvalue weighted by Crippen LogP contribution is -2.33. The molecule has 1 nitrogen and oxygen atoms in total. The molecule has 1 aromatic carbocycles. The van der Waals surface area contributed by atoms with Gasteiger partial charge in [0.2, 0.25) is 5.24 Å².